The fraction of sp³-hybridized carbons (Fsp3) is 0.571. The molecule has 0 radical (unpaired) electrons. The summed E-state index contributed by atoms with van der Waals surface area (Å²) in [5, 5.41) is 3.04. The van der Waals surface area contributed by atoms with Crippen LogP contribution in [0.3, 0.4) is 0 Å². The van der Waals surface area contributed by atoms with Gasteiger partial charge in [-0.25, -0.2) is 4.39 Å². The lowest BCUT2D eigenvalue weighted by Gasteiger charge is -2.27. The summed E-state index contributed by atoms with van der Waals surface area (Å²) in [6, 6.07) is 4.39. The zero-order valence-electron chi connectivity index (χ0n) is 11.9. The van der Waals surface area contributed by atoms with Crippen LogP contribution in [0.15, 0.2) is 18.2 Å². The Bertz CT molecular complexity index is 381. The summed E-state index contributed by atoms with van der Waals surface area (Å²) in [7, 11) is 3.26. The second-order valence-electron chi connectivity index (χ2n) is 3.93. The molecule has 0 aliphatic carbocycles. The molecule has 1 rings (SSSR count). The van der Waals surface area contributed by atoms with Gasteiger partial charge >= 0.3 is 0 Å². The number of hydrogen-bond donors (Lipinski definition) is 1. The first-order chi connectivity index (χ1) is 9.17. The van der Waals surface area contributed by atoms with Crippen LogP contribution in [0.1, 0.15) is 25.5 Å². The molecule has 0 saturated carbocycles. The van der Waals surface area contributed by atoms with Crippen molar-refractivity contribution >= 4 is 0 Å². The number of likely N-dealkylation sites (N-methyl/N-ethyl adjacent to an activating group) is 1. The number of nitrogens with one attached hydrogen (secondary N) is 1. The molecule has 19 heavy (non-hydrogen) atoms. The molecule has 1 unspecified atom stereocenters. The van der Waals surface area contributed by atoms with Crippen molar-refractivity contribution in [1.82, 2.24) is 5.32 Å². The van der Waals surface area contributed by atoms with E-state index in [1.807, 2.05) is 13.8 Å². The number of rotatable bonds is 8. The Balaban J connectivity index is 2.99. The van der Waals surface area contributed by atoms with E-state index in [1.165, 1.54) is 13.2 Å². The fourth-order valence-electron chi connectivity index (χ4n) is 1.89. The zero-order valence-corrected chi connectivity index (χ0v) is 11.9. The van der Waals surface area contributed by atoms with Crippen molar-refractivity contribution in [3.8, 4) is 5.75 Å². The summed E-state index contributed by atoms with van der Waals surface area (Å²) >= 11 is 0. The Morgan fingerprint density at radius 2 is 1.84 bits per heavy atom. The third-order valence-corrected chi connectivity index (χ3v) is 2.79. The molecule has 0 fully saturated rings. The predicted molar refractivity (Wildman–Crippen MR) is 71.8 cm³/mol. The third-order valence-electron chi connectivity index (χ3n) is 2.79. The molecule has 0 saturated heterocycles. The monoisotopic (exact) mass is 271 g/mol. The van der Waals surface area contributed by atoms with Crippen LogP contribution in [-0.2, 0) is 9.47 Å². The van der Waals surface area contributed by atoms with Gasteiger partial charge in [0.2, 0.25) is 0 Å². The highest BCUT2D eigenvalue weighted by molar-refractivity contribution is 5.31. The van der Waals surface area contributed by atoms with E-state index in [4.69, 9.17) is 14.2 Å². The van der Waals surface area contributed by atoms with Crippen molar-refractivity contribution in [3.05, 3.63) is 29.6 Å². The minimum Gasteiger partial charge on any atom is -0.497 e. The van der Waals surface area contributed by atoms with Crippen LogP contribution in [0.5, 0.6) is 5.75 Å². The molecular formula is C14H22FNO3. The van der Waals surface area contributed by atoms with Crippen LogP contribution in [0.25, 0.3) is 0 Å². The summed E-state index contributed by atoms with van der Waals surface area (Å²) in [5.74, 6) is 0.142. The van der Waals surface area contributed by atoms with Gasteiger partial charge in [-0.2, -0.15) is 0 Å². The van der Waals surface area contributed by atoms with Crippen molar-refractivity contribution < 1.29 is 18.6 Å². The highest BCUT2D eigenvalue weighted by Crippen LogP contribution is 2.26. The highest BCUT2D eigenvalue weighted by Gasteiger charge is 2.25. The maximum absolute atomic E-state index is 14.1. The smallest absolute Gasteiger partial charge is 0.176 e. The second kappa shape index (κ2) is 8.09. The average molecular weight is 271 g/mol. The first-order valence-electron chi connectivity index (χ1n) is 6.41. The molecule has 1 N–H and O–H groups in total. The summed E-state index contributed by atoms with van der Waals surface area (Å²) in [6.07, 6.45) is -0.525. The topological polar surface area (TPSA) is 39.7 Å². The normalized spacial score (nSPS) is 12.7. The van der Waals surface area contributed by atoms with Gasteiger partial charge in [0.15, 0.2) is 6.29 Å². The van der Waals surface area contributed by atoms with E-state index in [2.05, 4.69) is 5.32 Å². The Kier molecular flexibility index (Phi) is 6.77. The molecule has 0 aromatic heterocycles. The van der Waals surface area contributed by atoms with Gasteiger partial charge in [0, 0.05) is 24.8 Å². The minimum atomic E-state index is -0.525. The first kappa shape index (κ1) is 15.9. The summed E-state index contributed by atoms with van der Waals surface area (Å²) in [4.78, 5) is 0. The van der Waals surface area contributed by atoms with Crippen molar-refractivity contribution in [2.24, 2.45) is 0 Å². The molecule has 0 aliphatic rings. The number of ether oxygens (including phenoxy) is 3. The predicted octanol–water partition coefficient (Wildman–Crippen LogP) is 2.49. The lowest BCUT2D eigenvalue weighted by molar-refractivity contribution is -0.154. The Labute approximate surface area is 113 Å². The summed E-state index contributed by atoms with van der Waals surface area (Å²) < 4.78 is 30.1. The molecule has 0 heterocycles. The SMILES string of the molecule is CCOC(OCC)C(NC)c1ccc(OC)cc1F. The minimum absolute atomic E-state index is 0.344. The second-order valence-corrected chi connectivity index (χ2v) is 3.93. The Morgan fingerprint density at radius 3 is 2.26 bits per heavy atom. The average Bonchev–Trinajstić information content (AvgIpc) is 2.41. The maximum atomic E-state index is 14.1. The lowest BCUT2D eigenvalue weighted by atomic mass is 10.1. The van der Waals surface area contributed by atoms with Crippen LogP contribution < -0.4 is 10.1 Å². The van der Waals surface area contributed by atoms with Gasteiger partial charge in [0.1, 0.15) is 11.6 Å². The van der Waals surface area contributed by atoms with Crippen molar-refractivity contribution in [2.45, 2.75) is 26.2 Å². The third kappa shape index (κ3) is 4.16. The van der Waals surface area contributed by atoms with Crippen molar-refractivity contribution in [3.63, 3.8) is 0 Å². The maximum Gasteiger partial charge on any atom is 0.176 e. The molecular weight excluding hydrogens is 249 g/mol. The van der Waals surface area contributed by atoms with Crippen LogP contribution >= 0.6 is 0 Å². The first-order valence-corrected chi connectivity index (χ1v) is 6.41. The quantitative estimate of drug-likeness (QED) is 0.737. The van der Waals surface area contributed by atoms with Gasteiger partial charge in [-0.15, -0.1) is 0 Å². The molecule has 0 spiro atoms. The van der Waals surface area contributed by atoms with Crippen LogP contribution in [0, 0.1) is 5.82 Å². The standard InChI is InChI=1S/C14H22FNO3/c1-5-18-14(19-6-2)13(16-3)11-8-7-10(17-4)9-12(11)15/h7-9,13-14,16H,5-6H2,1-4H3. The van der Waals surface area contributed by atoms with Crippen molar-refractivity contribution in [1.29, 1.82) is 0 Å². The van der Waals surface area contributed by atoms with Crippen molar-refractivity contribution in [2.75, 3.05) is 27.4 Å². The van der Waals surface area contributed by atoms with E-state index < -0.39 is 6.29 Å². The molecule has 1 aromatic carbocycles. The van der Waals surface area contributed by atoms with Gasteiger partial charge in [-0.05, 0) is 27.0 Å². The van der Waals surface area contributed by atoms with Crippen LogP contribution in [0.2, 0.25) is 0 Å². The van der Waals surface area contributed by atoms with Gasteiger partial charge in [0.25, 0.3) is 0 Å². The van der Waals surface area contributed by atoms with Gasteiger partial charge in [0.05, 0.1) is 13.2 Å². The zero-order chi connectivity index (χ0) is 14.3. The molecule has 0 amide bonds. The van der Waals surface area contributed by atoms with E-state index >= 15 is 0 Å². The van der Waals surface area contributed by atoms with Crippen LogP contribution in [-0.4, -0.2) is 33.7 Å². The van der Waals surface area contributed by atoms with E-state index in [-0.39, 0.29) is 11.9 Å². The summed E-state index contributed by atoms with van der Waals surface area (Å²) in [5.41, 5.74) is 0.496. The fourth-order valence-corrected chi connectivity index (χ4v) is 1.89. The molecule has 108 valence electrons. The Hall–Kier alpha value is -1.17. The van der Waals surface area contributed by atoms with Crippen LogP contribution in [0.4, 0.5) is 4.39 Å². The van der Waals surface area contributed by atoms with Gasteiger partial charge in [-0.3, -0.25) is 0 Å². The van der Waals surface area contributed by atoms with E-state index in [9.17, 15) is 4.39 Å². The number of halogens is 1. The molecule has 0 aliphatic heterocycles. The van der Waals surface area contributed by atoms with E-state index in [1.54, 1.807) is 19.2 Å². The molecule has 5 heteroatoms. The molecule has 0 bridgehead atoms. The molecule has 1 aromatic rings. The highest BCUT2D eigenvalue weighted by atomic mass is 19.1. The Morgan fingerprint density at radius 1 is 1.21 bits per heavy atom. The van der Waals surface area contributed by atoms with Gasteiger partial charge in [-0.1, -0.05) is 6.07 Å². The molecule has 4 nitrogen and oxygen atoms in total. The molecule has 1 atom stereocenters. The van der Waals surface area contributed by atoms with Gasteiger partial charge < -0.3 is 19.5 Å². The van der Waals surface area contributed by atoms with E-state index in [0.29, 0.717) is 24.5 Å². The number of hydrogen-bond acceptors (Lipinski definition) is 4. The summed E-state index contributed by atoms with van der Waals surface area (Å²) in [6.45, 7) is 4.76. The largest absolute Gasteiger partial charge is 0.497 e. The number of benzene rings is 1. The van der Waals surface area contributed by atoms with E-state index in [0.717, 1.165) is 0 Å². The lowest BCUT2D eigenvalue weighted by Crippen LogP contribution is -2.34. The number of methoxy groups -OCH3 is 1.